The molecule has 0 bridgehead atoms. The third-order valence-corrected chi connectivity index (χ3v) is 5.23. The van der Waals surface area contributed by atoms with Crippen molar-refractivity contribution in [2.45, 2.75) is 50.8 Å². The Morgan fingerprint density at radius 2 is 1.76 bits per heavy atom. The summed E-state index contributed by atoms with van der Waals surface area (Å²) in [7, 11) is 3.26. The maximum atomic E-state index is 12.5. The fourth-order valence-corrected chi connectivity index (χ4v) is 3.63. The van der Waals surface area contributed by atoms with Gasteiger partial charge in [0.2, 0.25) is 5.91 Å². The van der Waals surface area contributed by atoms with Gasteiger partial charge in [-0.3, -0.25) is 4.79 Å². The number of hydrogen-bond acceptors (Lipinski definition) is 5. The number of carbonyl (C=O) groups excluding carboxylic acids is 1. The first-order valence-electron chi connectivity index (χ1n) is 8.99. The molecule has 6 nitrogen and oxygen atoms in total. The van der Waals surface area contributed by atoms with Crippen molar-refractivity contribution in [3.63, 3.8) is 0 Å². The van der Waals surface area contributed by atoms with Crippen LogP contribution in [0.25, 0.3) is 0 Å². The second-order valence-electron chi connectivity index (χ2n) is 6.89. The highest BCUT2D eigenvalue weighted by Gasteiger charge is 2.25. The summed E-state index contributed by atoms with van der Waals surface area (Å²) in [6.07, 6.45) is 4.86. The van der Waals surface area contributed by atoms with Gasteiger partial charge in [0.15, 0.2) is 11.5 Å². The molecule has 1 fully saturated rings. The van der Waals surface area contributed by atoms with Gasteiger partial charge in [0, 0.05) is 19.1 Å². The quantitative estimate of drug-likeness (QED) is 0.879. The Kier molecular flexibility index (Phi) is 5.81. The van der Waals surface area contributed by atoms with Gasteiger partial charge in [-0.1, -0.05) is 0 Å². The van der Waals surface area contributed by atoms with Gasteiger partial charge in [0.05, 0.1) is 20.3 Å². The molecule has 25 heavy (non-hydrogen) atoms. The van der Waals surface area contributed by atoms with Crippen molar-refractivity contribution in [1.82, 2.24) is 4.90 Å². The normalized spacial score (nSPS) is 23.1. The minimum absolute atomic E-state index is 0.0512. The van der Waals surface area contributed by atoms with Crippen LogP contribution in [0.2, 0.25) is 0 Å². The number of ether oxygens (including phenoxy) is 3. The molecule has 0 spiro atoms. The van der Waals surface area contributed by atoms with Crippen LogP contribution >= 0.6 is 0 Å². The molecule has 1 aromatic rings. The second kappa shape index (κ2) is 8.06. The van der Waals surface area contributed by atoms with Gasteiger partial charge >= 0.3 is 0 Å². The number of rotatable bonds is 5. The van der Waals surface area contributed by atoms with Gasteiger partial charge in [0.1, 0.15) is 6.61 Å². The van der Waals surface area contributed by atoms with Crippen LogP contribution in [0.1, 0.15) is 36.8 Å². The molecule has 3 rings (SSSR count). The summed E-state index contributed by atoms with van der Waals surface area (Å²) >= 11 is 0. The van der Waals surface area contributed by atoms with Crippen LogP contribution in [-0.2, 0) is 22.5 Å². The van der Waals surface area contributed by atoms with E-state index in [1.807, 2.05) is 17.0 Å². The highest BCUT2D eigenvalue weighted by atomic mass is 16.5. The lowest BCUT2D eigenvalue weighted by Crippen LogP contribution is -2.39. The molecule has 1 amide bonds. The van der Waals surface area contributed by atoms with Crippen molar-refractivity contribution in [2.75, 3.05) is 27.4 Å². The van der Waals surface area contributed by atoms with Crippen LogP contribution < -0.4 is 15.2 Å². The van der Waals surface area contributed by atoms with E-state index in [2.05, 4.69) is 0 Å². The molecule has 2 aliphatic rings. The van der Waals surface area contributed by atoms with Crippen molar-refractivity contribution < 1.29 is 19.0 Å². The number of fused-ring (bicyclic) bond motifs is 1. The molecule has 138 valence electrons. The minimum Gasteiger partial charge on any atom is -0.493 e. The summed E-state index contributed by atoms with van der Waals surface area (Å²) in [6, 6.07) is 4.27. The van der Waals surface area contributed by atoms with E-state index in [4.69, 9.17) is 19.9 Å². The molecule has 1 heterocycles. The Morgan fingerprint density at radius 1 is 1.12 bits per heavy atom. The van der Waals surface area contributed by atoms with Crippen molar-refractivity contribution in [2.24, 2.45) is 5.73 Å². The van der Waals surface area contributed by atoms with Crippen LogP contribution in [0.5, 0.6) is 11.5 Å². The number of nitrogens with two attached hydrogens (primary N) is 1. The monoisotopic (exact) mass is 348 g/mol. The summed E-state index contributed by atoms with van der Waals surface area (Å²) in [4.78, 5) is 14.4. The second-order valence-corrected chi connectivity index (χ2v) is 6.89. The molecule has 1 saturated carbocycles. The summed E-state index contributed by atoms with van der Waals surface area (Å²) < 4.78 is 16.5. The third-order valence-electron chi connectivity index (χ3n) is 5.23. The smallest absolute Gasteiger partial charge is 0.248 e. The molecule has 0 unspecified atom stereocenters. The van der Waals surface area contributed by atoms with Gasteiger partial charge < -0.3 is 24.8 Å². The number of carbonyl (C=O) groups is 1. The molecule has 6 heteroatoms. The van der Waals surface area contributed by atoms with E-state index in [9.17, 15) is 4.79 Å². The highest BCUT2D eigenvalue weighted by molar-refractivity contribution is 5.78. The zero-order chi connectivity index (χ0) is 17.8. The summed E-state index contributed by atoms with van der Waals surface area (Å²) in [5, 5.41) is 0. The Bertz CT molecular complexity index is 612. The zero-order valence-corrected chi connectivity index (χ0v) is 15.1. The fraction of sp³-hybridized carbons (Fsp3) is 0.632. The zero-order valence-electron chi connectivity index (χ0n) is 15.1. The fourth-order valence-electron chi connectivity index (χ4n) is 3.63. The predicted octanol–water partition coefficient (Wildman–Crippen LogP) is 1.87. The first-order valence-corrected chi connectivity index (χ1v) is 8.99. The van der Waals surface area contributed by atoms with E-state index >= 15 is 0 Å². The maximum Gasteiger partial charge on any atom is 0.248 e. The number of methoxy groups -OCH3 is 2. The molecule has 1 aliphatic heterocycles. The molecule has 1 aromatic carbocycles. The molecule has 2 N–H and O–H groups in total. The largest absolute Gasteiger partial charge is 0.493 e. The predicted molar refractivity (Wildman–Crippen MR) is 94.9 cm³/mol. The molecule has 0 atom stereocenters. The highest BCUT2D eigenvalue weighted by Crippen LogP contribution is 2.33. The summed E-state index contributed by atoms with van der Waals surface area (Å²) in [6.45, 7) is 1.45. The van der Waals surface area contributed by atoms with Gasteiger partial charge in [-0.05, 0) is 55.4 Å². The van der Waals surface area contributed by atoms with Gasteiger partial charge in [0.25, 0.3) is 0 Å². The van der Waals surface area contributed by atoms with Crippen molar-refractivity contribution >= 4 is 5.91 Å². The Hall–Kier alpha value is -1.79. The van der Waals surface area contributed by atoms with Crippen LogP contribution in [0.4, 0.5) is 0 Å². The molecular formula is C19H28N2O4. The lowest BCUT2D eigenvalue weighted by molar-refractivity contribution is -0.139. The van der Waals surface area contributed by atoms with Crippen LogP contribution in [-0.4, -0.2) is 50.3 Å². The van der Waals surface area contributed by atoms with Crippen LogP contribution in [0.15, 0.2) is 12.1 Å². The number of benzene rings is 1. The lowest BCUT2D eigenvalue weighted by Gasteiger charge is -2.31. The minimum atomic E-state index is 0.0512. The average Bonchev–Trinajstić information content (AvgIpc) is 2.65. The molecule has 0 saturated heterocycles. The standard InChI is InChI=1S/C19H28N2O4/c1-23-17-9-13-7-8-21(11-14(13)10-18(17)24-2)19(22)12-25-16-5-3-15(20)4-6-16/h9-10,15-16H,3-8,11-12,20H2,1-2H3. The third kappa shape index (κ3) is 4.25. The van der Waals surface area contributed by atoms with Gasteiger partial charge in [-0.25, -0.2) is 0 Å². The van der Waals surface area contributed by atoms with Crippen molar-refractivity contribution in [3.8, 4) is 11.5 Å². The molecule has 1 aliphatic carbocycles. The van der Waals surface area contributed by atoms with E-state index in [-0.39, 0.29) is 18.6 Å². The van der Waals surface area contributed by atoms with Gasteiger partial charge in [-0.15, -0.1) is 0 Å². The van der Waals surface area contributed by atoms with Gasteiger partial charge in [-0.2, -0.15) is 0 Å². The molecule has 0 radical (unpaired) electrons. The Balaban J connectivity index is 1.57. The SMILES string of the molecule is COc1cc2c(cc1OC)CN(C(=O)COC1CCC(N)CC1)CC2. The molecular weight excluding hydrogens is 320 g/mol. The van der Waals surface area contributed by atoms with Crippen LogP contribution in [0.3, 0.4) is 0 Å². The van der Waals surface area contributed by atoms with Crippen molar-refractivity contribution in [1.29, 1.82) is 0 Å². The summed E-state index contributed by atoms with van der Waals surface area (Å²) in [5.41, 5.74) is 8.23. The van der Waals surface area contributed by atoms with E-state index in [1.165, 1.54) is 5.56 Å². The first kappa shape index (κ1) is 18.0. The van der Waals surface area contributed by atoms with Crippen molar-refractivity contribution in [3.05, 3.63) is 23.3 Å². The Labute approximate surface area is 149 Å². The number of hydrogen-bond donors (Lipinski definition) is 1. The molecule has 0 aromatic heterocycles. The average molecular weight is 348 g/mol. The van der Waals surface area contributed by atoms with E-state index < -0.39 is 0 Å². The number of nitrogens with zero attached hydrogens (tertiary/aromatic N) is 1. The maximum absolute atomic E-state index is 12.5. The number of amides is 1. The van der Waals surface area contributed by atoms with E-state index in [0.717, 1.165) is 43.4 Å². The Morgan fingerprint density at radius 3 is 2.40 bits per heavy atom. The first-order chi connectivity index (χ1) is 12.1. The summed E-state index contributed by atoms with van der Waals surface area (Å²) in [5.74, 6) is 1.49. The van der Waals surface area contributed by atoms with E-state index in [0.29, 0.717) is 24.9 Å². The topological polar surface area (TPSA) is 74.0 Å². The van der Waals surface area contributed by atoms with Crippen LogP contribution in [0, 0.1) is 0 Å². The lowest BCUT2D eigenvalue weighted by atomic mass is 9.94. The van der Waals surface area contributed by atoms with E-state index in [1.54, 1.807) is 14.2 Å².